The molecule has 6 nitrogen and oxygen atoms in total. The van der Waals surface area contributed by atoms with E-state index in [9.17, 15) is 9.18 Å². The van der Waals surface area contributed by atoms with Gasteiger partial charge in [-0.25, -0.2) is 14.2 Å². The lowest BCUT2D eigenvalue weighted by atomic mass is 10.2. The predicted molar refractivity (Wildman–Crippen MR) is 108 cm³/mol. The Bertz CT molecular complexity index is 969. The Balaban J connectivity index is 1.35. The molecule has 28 heavy (non-hydrogen) atoms. The number of hydrogen-bond donors (Lipinski definition) is 1. The summed E-state index contributed by atoms with van der Waals surface area (Å²) in [5.41, 5.74) is 3.73. The lowest BCUT2D eigenvalue weighted by molar-refractivity contribution is 0.211. The number of carbonyl (C=O) groups is 1. The van der Waals surface area contributed by atoms with Gasteiger partial charge in [0.15, 0.2) is 0 Å². The zero-order chi connectivity index (χ0) is 19.5. The first-order valence-electron chi connectivity index (χ1n) is 9.52. The Kier molecular flexibility index (Phi) is 5.25. The number of fused-ring (bicyclic) bond motifs is 1. The Morgan fingerprint density at radius 2 is 1.93 bits per heavy atom. The molecule has 2 amide bonds. The van der Waals surface area contributed by atoms with Crippen LogP contribution in [0.3, 0.4) is 0 Å². The fourth-order valence-corrected chi connectivity index (χ4v) is 3.60. The Morgan fingerprint density at radius 3 is 2.75 bits per heavy atom. The van der Waals surface area contributed by atoms with Gasteiger partial charge in [0.2, 0.25) is 0 Å². The van der Waals surface area contributed by atoms with Crippen LogP contribution in [0.2, 0.25) is 0 Å². The number of rotatable bonds is 3. The maximum atomic E-state index is 13.1. The maximum Gasteiger partial charge on any atom is 0.321 e. The van der Waals surface area contributed by atoms with Crippen LogP contribution in [0.15, 0.2) is 48.8 Å². The van der Waals surface area contributed by atoms with Crippen LogP contribution < -0.4 is 5.32 Å². The zero-order valence-corrected chi connectivity index (χ0v) is 15.9. The molecule has 2 heterocycles. The van der Waals surface area contributed by atoms with Crippen molar-refractivity contribution >= 4 is 22.8 Å². The molecule has 1 aliphatic rings. The van der Waals surface area contributed by atoms with E-state index in [1.807, 2.05) is 46.8 Å². The molecule has 0 aliphatic carbocycles. The van der Waals surface area contributed by atoms with Crippen LogP contribution in [0.5, 0.6) is 0 Å². The topological polar surface area (TPSA) is 53.4 Å². The summed E-state index contributed by atoms with van der Waals surface area (Å²) in [5.74, 6) is -0.216. The van der Waals surface area contributed by atoms with Crippen molar-refractivity contribution in [1.29, 1.82) is 0 Å². The monoisotopic (exact) mass is 381 g/mol. The van der Waals surface area contributed by atoms with E-state index in [4.69, 9.17) is 0 Å². The molecule has 1 aromatic heterocycles. The number of amides is 2. The summed E-state index contributed by atoms with van der Waals surface area (Å²) in [6, 6.07) is 12.3. The second kappa shape index (κ2) is 7.98. The van der Waals surface area contributed by atoms with Gasteiger partial charge in [-0.05, 0) is 42.3 Å². The third-order valence-electron chi connectivity index (χ3n) is 5.17. The molecule has 0 saturated carbocycles. The van der Waals surface area contributed by atoms with Crippen molar-refractivity contribution < 1.29 is 9.18 Å². The van der Waals surface area contributed by atoms with E-state index >= 15 is 0 Å². The van der Waals surface area contributed by atoms with Crippen LogP contribution in [-0.4, -0.2) is 51.6 Å². The first kappa shape index (κ1) is 18.4. The van der Waals surface area contributed by atoms with Crippen LogP contribution in [0.4, 0.5) is 14.9 Å². The number of aryl methyl sites for hydroxylation is 1. The molecule has 146 valence electrons. The van der Waals surface area contributed by atoms with Gasteiger partial charge < -0.3 is 14.8 Å². The van der Waals surface area contributed by atoms with Crippen LogP contribution >= 0.6 is 0 Å². The summed E-state index contributed by atoms with van der Waals surface area (Å²) in [6.07, 6.45) is 2.68. The van der Waals surface area contributed by atoms with E-state index in [0.29, 0.717) is 6.54 Å². The zero-order valence-electron chi connectivity index (χ0n) is 15.9. The summed E-state index contributed by atoms with van der Waals surface area (Å²) in [4.78, 5) is 21.2. The van der Waals surface area contributed by atoms with Crippen LogP contribution in [0.1, 0.15) is 12.0 Å². The molecular weight excluding hydrogens is 357 g/mol. The number of urea groups is 1. The highest BCUT2D eigenvalue weighted by Crippen LogP contribution is 2.18. The van der Waals surface area contributed by atoms with Gasteiger partial charge in [0.1, 0.15) is 5.82 Å². The van der Waals surface area contributed by atoms with Crippen LogP contribution in [0, 0.1) is 5.82 Å². The maximum absolute atomic E-state index is 13.1. The van der Waals surface area contributed by atoms with Gasteiger partial charge in [-0.15, -0.1) is 0 Å². The van der Waals surface area contributed by atoms with E-state index in [-0.39, 0.29) is 11.8 Å². The number of aromatic nitrogens is 2. The number of hydrogen-bond acceptors (Lipinski definition) is 3. The van der Waals surface area contributed by atoms with E-state index < -0.39 is 0 Å². The number of halogens is 1. The van der Waals surface area contributed by atoms with Crippen molar-refractivity contribution in [2.24, 2.45) is 7.05 Å². The number of benzene rings is 2. The van der Waals surface area contributed by atoms with Crippen molar-refractivity contribution in [1.82, 2.24) is 19.4 Å². The van der Waals surface area contributed by atoms with Crippen molar-refractivity contribution in [3.8, 4) is 0 Å². The minimum absolute atomic E-state index is 0.0843. The number of anilines is 1. The lowest BCUT2D eigenvalue weighted by Crippen LogP contribution is -2.38. The summed E-state index contributed by atoms with van der Waals surface area (Å²) >= 11 is 0. The number of imidazole rings is 1. The fraction of sp³-hybridized carbons (Fsp3) is 0.333. The first-order valence-corrected chi connectivity index (χ1v) is 9.52. The Morgan fingerprint density at radius 1 is 1.11 bits per heavy atom. The molecule has 2 aromatic carbocycles. The quantitative estimate of drug-likeness (QED) is 0.756. The van der Waals surface area contributed by atoms with E-state index in [0.717, 1.165) is 54.9 Å². The Labute approximate surface area is 163 Å². The molecule has 0 bridgehead atoms. The highest BCUT2D eigenvalue weighted by molar-refractivity contribution is 5.92. The van der Waals surface area contributed by atoms with Gasteiger partial charge in [0.25, 0.3) is 0 Å². The molecule has 1 N–H and O–H groups in total. The van der Waals surface area contributed by atoms with Crippen LogP contribution in [0.25, 0.3) is 11.0 Å². The van der Waals surface area contributed by atoms with Crippen molar-refractivity contribution in [2.75, 3.05) is 31.5 Å². The summed E-state index contributed by atoms with van der Waals surface area (Å²) < 4.78 is 15.0. The molecule has 0 unspecified atom stereocenters. The van der Waals surface area contributed by atoms with Gasteiger partial charge in [-0.3, -0.25) is 4.90 Å². The fourth-order valence-electron chi connectivity index (χ4n) is 3.60. The second-order valence-corrected chi connectivity index (χ2v) is 7.23. The minimum Gasteiger partial charge on any atom is -0.334 e. The summed E-state index contributed by atoms with van der Waals surface area (Å²) in [6.45, 7) is 3.87. The molecule has 4 rings (SSSR count). The largest absolute Gasteiger partial charge is 0.334 e. The molecule has 1 saturated heterocycles. The van der Waals surface area contributed by atoms with E-state index in [1.165, 1.54) is 12.1 Å². The molecule has 0 radical (unpaired) electrons. The SMILES string of the molecule is Cn1cnc2cc(NC(=O)N3CCCN(Cc4ccc(F)cc4)CC3)ccc21. The van der Waals surface area contributed by atoms with Gasteiger partial charge in [0, 0.05) is 45.5 Å². The van der Waals surface area contributed by atoms with Gasteiger partial charge >= 0.3 is 6.03 Å². The number of nitrogens with one attached hydrogen (secondary N) is 1. The average Bonchev–Trinajstić information content (AvgIpc) is 2.90. The molecule has 3 aromatic rings. The third kappa shape index (κ3) is 4.14. The molecule has 0 spiro atoms. The molecule has 0 atom stereocenters. The van der Waals surface area contributed by atoms with E-state index in [1.54, 1.807) is 6.33 Å². The third-order valence-corrected chi connectivity index (χ3v) is 5.17. The average molecular weight is 381 g/mol. The molecule has 1 aliphatic heterocycles. The molecule has 1 fully saturated rings. The second-order valence-electron chi connectivity index (χ2n) is 7.23. The van der Waals surface area contributed by atoms with Crippen LogP contribution in [-0.2, 0) is 13.6 Å². The highest BCUT2D eigenvalue weighted by atomic mass is 19.1. The first-order chi connectivity index (χ1) is 13.6. The minimum atomic E-state index is -0.216. The highest BCUT2D eigenvalue weighted by Gasteiger charge is 2.19. The number of carbonyl (C=O) groups excluding carboxylic acids is 1. The number of nitrogens with zero attached hydrogens (tertiary/aromatic N) is 4. The van der Waals surface area contributed by atoms with Crippen molar-refractivity contribution in [3.05, 3.63) is 60.2 Å². The summed E-state index contributed by atoms with van der Waals surface area (Å²) in [5, 5.41) is 2.99. The van der Waals surface area contributed by atoms with E-state index in [2.05, 4.69) is 15.2 Å². The van der Waals surface area contributed by atoms with Crippen molar-refractivity contribution in [2.45, 2.75) is 13.0 Å². The van der Waals surface area contributed by atoms with Crippen molar-refractivity contribution in [3.63, 3.8) is 0 Å². The molecular formula is C21H24FN5O. The normalized spacial score (nSPS) is 15.6. The van der Waals surface area contributed by atoms with Gasteiger partial charge in [0.05, 0.1) is 17.4 Å². The molecule has 7 heteroatoms. The smallest absolute Gasteiger partial charge is 0.321 e. The van der Waals surface area contributed by atoms with Gasteiger partial charge in [-0.1, -0.05) is 12.1 Å². The lowest BCUT2D eigenvalue weighted by Gasteiger charge is -2.22. The Hall–Kier alpha value is -2.93. The van der Waals surface area contributed by atoms with Gasteiger partial charge in [-0.2, -0.15) is 0 Å². The predicted octanol–water partition coefficient (Wildman–Crippen LogP) is 3.45. The summed E-state index contributed by atoms with van der Waals surface area (Å²) in [7, 11) is 1.95. The standard InChI is InChI=1S/C21H24FN5O/c1-25-15-23-19-13-18(7-8-20(19)25)24-21(28)27-10-2-9-26(11-12-27)14-16-3-5-17(22)6-4-16/h3-8,13,15H,2,9-12,14H2,1H3,(H,24,28).